The summed E-state index contributed by atoms with van der Waals surface area (Å²) in [6.07, 6.45) is 6.28. The van der Waals surface area contributed by atoms with E-state index >= 15 is 0 Å². The second-order valence-electron chi connectivity index (χ2n) is 11.7. The van der Waals surface area contributed by atoms with Crippen LogP contribution in [-0.4, -0.2) is 85.7 Å². The molecule has 4 atom stereocenters. The molecular formula is C27H50N2O9. The van der Waals surface area contributed by atoms with Crippen molar-refractivity contribution in [3.05, 3.63) is 0 Å². The summed E-state index contributed by atoms with van der Waals surface area (Å²) in [5, 5.41) is 14.5. The van der Waals surface area contributed by atoms with E-state index in [0.717, 1.165) is 45.1 Å². The minimum Gasteiger partial charge on any atom is -0.467 e. The SMILES string of the molecule is CC(C)(C)OC(=O)N[C@H](CO)CC1CCCCO1.COC(=O)[C@H](CC1CCCCO1)NC(=O)OC(C)(C)C. The Hall–Kier alpha value is -2.11. The Bertz CT molecular complexity index is 706. The van der Waals surface area contributed by atoms with Crippen LogP contribution in [0.15, 0.2) is 0 Å². The number of amides is 2. The maximum absolute atomic E-state index is 11.7. The molecule has 2 saturated heterocycles. The number of rotatable bonds is 8. The van der Waals surface area contributed by atoms with E-state index in [-0.39, 0.29) is 24.9 Å². The number of hydrogen-bond acceptors (Lipinski definition) is 9. The van der Waals surface area contributed by atoms with Crippen LogP contribution in [0.2, 0.25) is 0 Å². The first-order valence-corrected chi connectivity index (χ1v) is 13.6. The van der Waals surface area contributed by atoms with E-state index in [9.17, 15) is 19.5 Å². The lowest BCUT2D eigenvalue weighted by molar-refractivity contribution is -0.144. The van der Waals surface area contributed by atoms with Crippen molar-refractivity contribution in [1.82, 2.24) is 10.6 Å². The first-order valence-electron chi connectivity index (χ1n) is 13.6. The molecule has 2 aliphatic rings. The molecule has 0 saturated carbocycles. The third-order valence-electron chi connectivity index (χ3n) is 5.71. The van der Waals surface area contributed by atoms with Gasteiger partial charge in [0.05, 0.1) is 32.0 Å². The molecule has 2 rings (SSSR count). The molecule has 2 heterocycles. The molecule has 3 N–H and O–H groups in total. The molecule has 0 aliphatic carbocycles. The van der Waals surface area contributed by atoms with Crippen molar-refractivity contribution in [3.8, 4) is 0 Å². The van der Waals surface area contributed by atoms with Gasteiger partial charge in [0.1, 0.15) is 17.2 Å². The van der Waals surface area contributed by atoms with Gasteiger partial charge in [-0.1, -0.05) is 0 Å². The third-order valence-corrected chi connectivity index (χ3v) is 5.71. The molecule has 0 aromatic carbocycles. The number of alkyl carbamates (subject to hydrolysis) is 2. The van der Waals surface area contributed by atoms with Gasteiger partial charge in [-0.25, -0.2) is 14.4 Å². The Kier molecular flexibility index (Phi) is 15.0. The summed E-state index contributed by atoms with van der Waals surface area (Å²) in [6, 6.07) is -1.04. The number of methoxy groups -OCH3 is 1. The predicted molar refractivity (Wildman–Crippen MR) is 142 cm³/mol. The fourth-order valence-electron chi connectivity index (χ4n) is 4.03. The van der Waals surface area contributed by atoms with Crippen molar-refractivity contribution >= 4 is 18.2 Å². The van der Waals surface area contributed by atoms with E-state index in [1.165, 1.54) is 7.11 Å². The summed E-state index contributed by atoms with van der Waals surface area (Å²) in [5.41, 5.74) is -1.13. The van der Waals surface area contributed by atoms with Crippen LogP contribution in [0.3, 0.4) is 0 Å². The summed E-state index contributed by atoms with van der Waals surface area (Å²) in [4.78, 5) is 35.1. The van der Waals surface area contributed by atoms with E-state index in [0.29, 0.717) is 19.4 Å². The summed E-state index contributed by atoms with van der Waals surface area (Å²) in [6.45, 7) is 12.1. The number of esters is 1. The molecule has 11 nitrogen and oxygen atoms in total. The van der Waals surface area contributed by atoms with Gasteiger partial charge in [-0.3, -0.25) is 0 Å². The van der Waals surface area contributed by atoms with Gasteiger partial charge >= 0.3 is 18.2 Å². The van der Waals surface area contributed by atoms with Crippen LogP contribution in [0, 0.1) is 0 Å². The lowest BCUT2D eigenvalue weighted by Gasteiger charge is -2.27. The number of aliphatic hydroxyl groups is 1. The molecular weight excluding hydrogens is 496 g/mol. The van der Waals surface area contributed by atoms with Gasteiger partial charge in [-0.05, 0) is 86.5 Å². The summed E-state index contributed by atoms with van der Waals surface area (Å²) < 4.78 is 26.2. The van der Waals surface area contributed by atoms with Gasteiger partial charge in [0.25, 0.3) is 0 Å². The van der Waals surface area contributed by atoms with Gasteiger partial charge in [-0.2, -0.15) is 0 Å². The zero-order chi connectivity index (χ0) is 28.8. The van der Waals surface area contributed by atoms with E-state index in [1.807, 2.05) is 20.8 Å². The Morgan fingerprint density at radius 2 is 1.29 bits per heavy atom. The van der Waals surface area contributed by atoms with Crippen LogP contribution in [-0.2, 0) is 28.5 Å². The average Bonchev–Trinajstić information content (AvgIpc) is 2.82. The first-order chi connectivity index (χ1) is 17.7. The minimum absolute atomic E-state index is 0.0252. The topological polar surface area (TPSA) is 142 Å². The number of aliphatic hydroxyl groups excluding tert-OH is 1. The van der Waals surface area contributed by atoms with Crippen molar-refractivity contribution in [1.29, 1.82) is 0 Å². The van der Waals surface area contributed by atoms with E-state index in [4.69, 9.17) is 23.7 Å². The minimum atomic E-state index is -0.738. The van der Waals surface area contributed by atoms with E-state index in [2.05, 4.69) is 10.6 Å². The fraction of sp³-hybridized carbons (Fsp3) is 0.889. The molecule has 11 heteroatoms. The van der Waals surface area contributed by atoms with Crippen LogP contribution >= 0.6 is 0 Å². The fourth-order valence-corrected chi connectivity index (χ4v) is 4.03. The molecule has 0 radical (unpaired) electrons. The Morgan fingerprint density at radius 3 is 1.68 bits per heavy atom. The van der Waals surface area contributed by atoms with Gasteiger partial charge in [-0.15, -0.1) is 0 Å². The van der Waals surface area contributed by atoms with Gasteiger partial charge in [0, 0.05) is 19.6 Å². The zero-order valence-electron chi connectivity index (χ0n) is 24.3. The van der Waals surface area contributed by atoms with Crippen molar-refractivity contribution < 1.29 is 43.2 Å². The normalized spacial score (nSPS) is 21.6. The van der Waals surface area contributed by atoms with Gasteiger partial charge in [0.15, 0.2) is 0 Å². The van der Waals surface area contributed by atoms with Crippen LogP contribution in [0.1, 0.15) is 92.9 Å². The largest absolute Gasteiger partial charge is 0.467 e. The number of carbonyl (C=O) groups excluding carboxylic acids is 3. The third kappa shape index (κ3) is 16.0. The number of ether oxygens (including phenoxy) is 5. The summed E-state index contributed by atoms with van der Waals surface area (Å²) in [7, 11) is 1.30. The molecule has 2 aliphatic heterocycles. The lowest BCUT2D eigenvalue weighted by atomic mass is 10.0. The number of nitrogens with one attached hydrogen (secondary N) is 2. The summed E-state index contributed by atoms with van der Waals surface area (Å²) in [5.74, 6) is -0.481. The first kappa shape index (κ1) is 33.9. The Labute approximate surface area is 227 Å². The molecule has 2 fully saturated rings. The molecule has 0 spiro atoms. The average molecular weight is 547 g/mol. The highest BCUT2D eigenvalue weighted by molar-refractivity contribution is 5.81. The quantitative estimate of drug-likeness (QED) is 0.306. The molecule has 0 aromatic rings. The standard InChI is InChI=1S/C14H25NO5.C13H25NO4/c1-14(2,3)20-13(17)15-11(12(16)18-4)9-10-7-5-6-8-19-10;1-13(2,3)18-12(16)14-10(9-15)8-11-6-4-5-7-17-11/h10-11H,5-9H2,1-4H3,(H,15,17);10-11,15H,4-9H2,1-3H3,(H,14,16)/t10?,11-;10-,11?/m00/s1. The van der Waals surface area contributed by atoms with Crippen molar-refractivity contribution in [2.45, 2.75) is 128 Å². The predicted octanol–water partition coefficient (Wildman–Crippen LogP) is 3.84. The molecule has 0 bridgehead atoms. The smallest absolute Gasteiger partial charge is 0.408 e. The van der Waals surface area contributed by atoms with E-state index < -0.39 is 35.4 Å². The molecule has 38 heavy (non-hydrogen) atoms. The zero-order valence-corrected chi connectivity index (χ0v) is 24.3. The van der Waals surface area contributed by atoms with Gasteiger partial charge in [0.2, 0.25) is 0 Å². The highest BCUT2D eigenvalue weighted by Gasteiger charge is 2.29. The van der Waals surface area contributed by atoms with Crippen molar-refractivity contribution in [3.63, 3.8) is 0 Å². The highest BCUT2D eigenvalue weighted by Crippen LogP contribution is 2.19. The summed E-state index contributed by atoms with van der Waals surface area (Å²) >= 11 is 0. The molecule has 2 amide bonds. The lowest BCUT2D eigenvalue weighted by Crippen LogP contribution is -2.46. The number of hydrogen-bond donors (Lipinski definition) is 3. The van der Waals surface area contributed by atoms with Gasteiger partial charge < -0.3 is 39.4 Å². The highest BCUT2D eigenvalue weighted by atomic mass is 16.6. The van der Waals surface area contributed by atoms with Crippen molar-refractivity contribution in [2.24, 2.45) is 0 Å². The molecule has 0 aromatic heterocycles. The van der Waals surface area contributed by atoms with Crippen LogP contribution in [0.25, 0.3) is 0 Å². The Morgan fingerprint density at radius 1 is 0.816 bits per heavy atom. The molecule has 2 unspecified atom stereocenters. The van der Waals surface area contributed by atoms with Crippen LogP contribution in [0.5, 0.6) is 0 Å². The number of carbonyl (C=O) groups is 3. The van der Waals surface area contributed by atoms with Crippen LogP contribution < -0.4 is 10.6 Å². The van der Waals surface area contributed by atoms with Crippen LogP contribution in [0.4, 0.5) is 9.59 Å². The molecule has 222 valence electrons. The second kappa shape index (κ2) is 16.8. The maximum Gasteiger partial charge on any atom is 0.408 e. The maximum atomic E-state index is 11.7. The van der Waals surface area contributed by atoms with Crippen molar-refractivity contribution in [2.75, 3.05) is 26.9 Å². The van der Waals surface area contributed by atoms with E-state index in [1.54, 1.807) is 20.8 Å². The second-order valence-corrected chi connectivity index (χ2v) is 11.7. The monoisotopic (exact) mass is 546 g/mol. The Balaban J connectivity index is 0.000000382.